The van der Waals surface area contributed by atoms with Crippen LogP contribution in [0.4, 0.5) is 10.1 Å². The van der Waals surface area contributed by atoms with Crippen LogP contribution in [0.1, 0.15) is 47.3 Å². The molecule has 2 aliphatic rings. The van der Waals surface area contributed by atoms with Crippen LogP contribution in [0.25, 0.3) is 0 Å². The third-order valence-electron chi connectivity index (χ3n) is 5.79. The van der Waals surface area contributed by atoms with Gasteiger partial charge in [-0.05, 0) is 67.6 Å². The van der Waals surface area contributed by atoms with Crippen molar-refractivity contribution in [2.24, 2.45) is 5.92 Å². The minimum atomic E-state index is -0.368. The Morgan fingerprint density at radius 1 is 1.14 bits per heavy atom. The minimum absolute atomic E-state index is 0.0447. The van der Waals surface area contributed by atoms with Crippen molar-refractivity contribution in [1.29, 1.82) is 0 Å². The Kier molecular flexibility index (Phi) is 5.62. The van der Waals surface area contributed by atoms with Crippen molar-refractivity contribution in [3.8, 4) is 0 Å². The standard InChI is InChI=1S/C23H25FN2O3/c1-15(25-22(27)16-2-5-20(24)6-3-16)18-4-7-21-19(14-18)8-11-26(21)23(28)17-9-12-29-13-10-17/h2-7,14-15,17H,8-13H2,1H3,(H,25,27)/t15-/m0/s1. The highest BCUT2D eigenvalue weighted by Crippen LogP contribution is 2.33. The normalized spacial score (nSPS) is 17.7. The van der Waals surface area contributed by atoms with Gasteiger partial charge in [0.25, 0.3) is 5.91 Å². The van der Waals surface area contributed by atoms with Crippen LogP contribution in [0.2, 0.25) is 0 Å². The number of nitrogens with one attached hydrogen (secondary N) is 1. The topological polar surface area (TPSA) is 58.6 Å². The summed E-state index contributed by atoms with van der Waals surface area (Å²) in [7, 11) is 0. The predicted molar refractivity (Wildman–Crippen MR) is 108 cm³/mol. The molecule has 0 spiro atoms. The van der Waals surface area contributed by atoms with Gasteiger partial charge in [0.15, 0.2) is 0 Å². The average Bonchev–Trinajstić information content (AvgIpc) is 3.17. The third kappa shape index (κ3) is 4.17. The average molecular weight is 396 g/mol. The summed E-state index contributed by atoms with van der Waals surface area (Å²) in [6, 6.07) is 11.3. The van der Waals surface area contributed by atoms with Gasteiger partial charge in [0.2, 0.25) is 5.91 Å². The first-order valence-corrected chi connectivity index (χ1v) is 10.1. The van der Waals surface area contributed by atoms with E-state index in [4.69, 9.17) is 4.74 Å². The summed E-state index contributed by atoms with van der Waals surface area (Å²) in [5.74, 6) is -0.372. The fourth-order valence-electron chi connectivity index (χ4n) is 4.05. The van der Waals surface area contributed by atoms with Crippen LogP contribution >= 0.6 is 0 Å². The summed E-state index contributed by atoms with van der Waals surface area (Å²) < 4.78 is 18.4. The number of hydrogen-bond donors (Lipinski definition) is 1. The number of anilines is 1. The van der Waals surface area contributed by atoms with Crippen LogP contribution in [0.15, 0.2) is 42.5 Å². The molecule has 0 bridgehead atoms. The van der Waals surface area contributed by atoms with Gasteiger partial charge in [0.1, 0.15) is 5.82 Å². The summed E-state index contributed by atoms with van der Waals surface area (Å²) >= 11 is 0. The molecule has 0 unspecified atom stereocenters. The number of ether oxygens (including phenoxy) is 1. The van der Waals surface area contributed by atoms with Crippen LogP contribution < -0.4 is 10.2 Å². The number of carbonyl (C=O) groups excluding carboxylic acids is 2. The number of carbonyl (C=O) groups is 2. The van der Waals surface area contributed by atoms with Gasteiger partial charge >= 0.3 is 0 Å². The zero-order valence-electron chi connectivity index (χ0n) is 16.5. The van der Waals surface area contributed by atoms with Gasteiger partial charge in [-0.15, -0.1) is 0 Å². The van der Waals surface area contributed by atoms with Crippen LogP contribution in [-0.4, -0.2) is 31.6 Å². The molecule has 4 rings (SSSR count). The maximum atomic E-state index is 13.0. The largest absolute Gasteiger partial charge is 0.381 e. The Bertz CT molecular complexity index is 907. The summed E-state index contributed by atoms with van der Waals surface area (Å²) in [6.45, 7) is 3.93. The second kappa shape index (κ2) is 8.33. The molecule has 2 aromatic carbocycles. The van der Waals surface area contributed by atoms with Gasteiger partial charge < -0.3 is 15.0 Å². The van der Waals surface area contributed by atoms with Gasteiger partial charge in [-0.2, -0.15) is 0 Å². The van der Waals surface area contributed by atoms with E-state index in [9.17, 15) is 14.0 Å². The first-order chi connectivity index (χ1) is 14.0. The number of halogens is 1. The number of hydrogen-bond acceptors (Lipinski definition) is 3. The molecule has 0 radical (unpaired) electrons. The Morgan fingerprint density at radius 2 is 1.86 bits per heavy atom. The molecule has 2 amide bonds. The molecule has 0 aromatic heterocycles. The summed E-state index contributed by atoms with van der Waals surface area (Å²) in [6.07, 6.45) is 2.39. The van der Waals surface area contributed by atoms with Gasteiger partial charge in [-0.3, -0.25) is 9.59 Å². The first-order valence-electron chi connectivity index (χ1n) is 10.1. The van der Waals surface area contributed by atoms with Gasteiger partial charge in [-0.25, -0.2) is 4.39 Å². The van der Waals surface area contributed by atoms with E-state index >= 15 is 0 Å². The molecular weight excluding hydrogens is 371 g/mol. The molecule has 2 heterocycles. The smallest absolute Gasteiger partial charge is 0.251 e. The van der Waals surface area contributed by atoms with E-state index in [0.717, 1.165) is 36.1 Å². The highest BCUT2D eigenvalue weighted by atomic mass is 19.1. The third-order valence-corrected chi connectivity index (χ3v) is 5.79. The Hall–Kier alpha value is -2.73. The fraction of sp³-hybridized carbons (Fsp3) is 0.391. The Balaban J connectivity index is 1.44. The lowest BCUT2D eigenvalue weighted by Crippen LogP contribution is -2.37. The van der Waals surface area contributed by atoms with Crippen molar-refractivity contribution in [3.63, 3.8) is 0 Å². The number of fused-ring (bicyclic) bond motifs is 1. The molecule has 152 valence electrons. The van der Waals surface area contributed by atoms with Crippen LogP contribution in [0, 0.1) is 11.7 Å². The maximum absolute atomic E-state index is 13.0. The molecule has 5 nitrogen and oxygen atoms in total. The molecule has 1 N–H and O–H groups in total. The van der Waals surface area contributed by atoms with Gasteiger partial charge in [-0.1, -0.05) is 12.1 Å². The molecule has 1 saturated heterocycles. The second-order valence-electron chi connectivity index (χ2n) is 7.72. The molecule has 1 fully saturated rings. The molecule has 0 aliphatic carbocycles. The fourth-order valence-corrected chi connectivity index (χ4v) is 4.05. The van der Waals surface area contributed by atoms with Crippen LogP contribution in [0.5, 0.6) is 0 Å². The SMILES string of the molecule is C[C@H](NC(=O)c1ccc(F)cc1)c1ccc2c(c1)CCN2C(=O)C1CCOCC1. The zero-order chi connectivity index (χ0) is 20.4. The van der Waals surface area contributed by atoms with Crippen molar-refractivity contribution in [2.75, 3.05) is 24.7 Å². The Morgan fingerprint density at radius 3 is 2.59 bits per heavy atom. The van der Waals surface area contributed by atoms with E-state index in [0.29, 0.717) is 25.3 Å². The van der Waals surface area contributed by atoms with Crippen LogP contribution in [0.3, 0.4) is 0 Å². The number of rotatable bonds is 4. The molecule has 0 saturated carbocycles. The van der Waals surface area contributed by atoms with Gasteiger partial charge in [0.05, 0.1) is 6.04 Å². The minimum Gasteiger partial charge on any atom is -0.381 e. The van der Waals surface area contributed by atoms with E-state index in [1.165, 1.54) is 24.3 Å². The number of amides is 2. The van der Waals surface area contributed by atoms with Crippen molar-refractivity contribution in [2.45, 2.75) is 32.2 Å². The van der Waals surface area contributed by atoms with E-state index in [-0.39, 0.29) is 29.6 Å². The summed E-state index contributed by atoms with van der Waals surface area (Å²) in [4.78, 5) is 27.2. The molecular formula is C23H25FN2O3. The first kappa shape index (κ1) is 19.6. The van der Waals surface area contributed by atoms with Crippen molar-refractivity contribution in [3.05, 3.63) is 65.0 Å². The lowest BCUT2D eigenvalue weighted by atomic mass is 9.98. The van der Waals surface area contributed by atoms with Crippen molar-refractivity contribution >= 4 is 17.5 Å². The van der Waals surface area contributed by atoms with Crippen molar-refractivity contribution in [1.82, 2.24) is 5.32 Å². The number of benzene rings is 2. The maximum Gasteiger partial charge on any atom is 0.251 e. The van der Waals surface area contributed by atoms with E-state index in [2.05, 4.69) is 11.4 Å². The lowest BCUT2D eigenvalue weighted by Gasteiger charge is -2.27. The van der Waals surface area contributed by atoms with E-state index in [1.54, 1.807) is 0 Å². The predicted octanol–water partition coefficient (Wildman–Crippen LogP) is 3.63. The quantitative estimate of drug-likeness (QED) is 0.859. The molecule has 2 aromatic rings. The van der Waals surface area contributed by atoms with Crippen LogP contribution in [-0.2, 0) is 16.0 Å². The Labute approximate surface area is 169 Å². The molecule has 6 heteroatoms. The lowest BCUT2D eigenvalue weighted by molar-refractivity contribution is -0.125. The number of nitrogens with zero attached hydrogens (tertiary/aromatic N) is 1. The monoisotopic (exact) mass is 396 g/mol. The van der Waals surface area contributed by atoms with Gasteiger partial charge in [0, 0.05) is 36.9 Å². The highest BCUT2D eigenvalue weighted by molar-refractivity contribution is 5.97. The highest BCUT2D eigenvalue weighted by Gasteiger charge is 2.31. The van der Waals surface area contributed by atoms with E-state index < -0.39 is 0 Å². The van der Waals surface area contributed by atoms with Crippen molar-refractivity contribution < 1.29 is 18.7 Å². The second-order valence-corrected chi connectivity index (χ2v) is 7.72. The molecule has 29 heavy (non-hydrogen) atoms. The summed E-state index contributed by atoms with van der Waals surface area (Å²) in [5.41, 5.74) is 3.51. The van der Waals surface area contributed by atoms with E-state index in [1.807, 2.05) is 24.0 Å². The molecule has 1 atom stereocenters. The zero-order valence-corrected chi connectivity index (χ0v) is 16.5. The summed E-state index contributed by atoms with van der Waals surface area (Å²) in [5, 5.41) is 2.95. The molecule has 2 aliphatic heterocycles.